The van der Waals surface area contributed by atoms with E-state index in [1.165, 1.54) is 30.7 Å². The number of amides is 1. The molecule has 2 aromatic heterocycles. The minimum atomic E-state index is -4.45. The summed E-state index contributed by atoms with van der Waals surface area (Å²) in [5, 5.41) is 3.02. The van der Waals surface area contributed by atoms with E-state index in [0.717, 1.165) is 6.07 Å². The van der Waals surface area contributed by atoms with Gasteiger partial charge in [-0.05, 0) is 24.6 Å². The molecule has 7 nitrogen and oxygen atoms in total. The van der Waals surface area contributed by atoms with Crippen LogP contribution in [0.15, 0.2) is 47.7 Å². The number of nitrogens with one attached hydrogen (secondary N) is 2. The van der Waals surface area contributed by atoms with Gasteiger partial charge in [0.1, 0.15) is 5.69 Å². The van der Waals surface area contributed by atoms with Crippen molar-refractivity contribution in [1.29, 1.82) is 0 Å². The molecule has 1 aliphatic rings. The Morgan fingerprint density at radius 3 is 2.83 bits per heavy atom. The van der Waals surface area contributed by atoms with Gasteiger partial charge in [-0.25, -0.2) is 9.97 Å². The first-order valence-electron chi connectivity index (χ1n) is 8.88. The zero-order valence-electron chi connectivity index (χ0n) is 15.0. The highest BCUT2D eigenvalue weighted by atomic mass is 19.4. The Morgan fingerprint density at radius 1 is 1.24 bits per heavy atom. The molecule has 10 heteroatoms. The predicted octanol–water partition coefficient (Wildman–Crippen LogP) is 2.35. The summed E-state index contributed by atoms with van der Waals surface area (Å²) in [5.41, 5.74) is -0.582. The van der Waals surface area contributed by atoms with Crippen LogP contribution >= 0.6 is 0 Å². The van der Waals surface area contributed by atoms with Crippen molar-refractivity contribution >= 4 is 22.5 Å². The standard InChI is InChI=1S/C19H16F3N5O2/c20-19(21,22)13-3-1-2-4-16(13)27-6-5-11(9-27)26-18(29)14-7-12-15(8-23-14)24-10-25-17(12)28/h1-4,7-8,10-11H,5-6,9H2,(H,26,29)(H,24,25,28). The quantitative estimate of drug-likeness (QED) is 0.701. The highest BCUT2D eigenvalue weighted by Gasteiger charge is 2.36. The second-order valence-corrected chi connectivity index (χ2v) is 6.74. The second-order valence-electron chi connectivity index (χ2n) is 6.74. The van der Waals surface area contributed by atoms with Crippen LogP contribution in [0.2, 0.25) is 0 Å². The molecule has 1 saturated heterocycles. The minimum Gasteiger partial charge on any atom is -0.369 e. The van der Waals surface area contributed by atoms with Gasteiger partial charge in [0.25, 0.3) is 11.5 Å². The van der Waals surface area contributed by atoms with Gasteiger partial charge in [-0.15, -0.1) is 0 Å². The van der Waals surface area contributed by atoms with Gasteiger partial charge in [0.2, 0.25) is 0 Å². The van der Waals surface area contributed by atoms with E-state index in [4.69, 9.17) is 0 Å². The van der Waals surface area contributed by atoms with Gasteiger partial charge < -0.3 is 15.2 Å². The van der Waals surface area contributed by atoms with Crippen molar-refractivity contribution in [2.45, 2.75) is 18.6 Å². The summed E-state index contributed by atoms with van der Waals surface area (Å²) in [6, 6.07) is 6.39. The summed E-state index contributed by atoms with van der Waals surface area (Å²) in [4.78, 5) is 36.4. The second kappa shape index (κ2) is 7.19. The van der Waals surface area contributed by atoms with Crippen LogP contribution in [-0.4, -0.2) is 40.0 Å². The van der Waals surface area contributed by atoms with Crippen molar-refractivity contribution < 1.29 is 18.0 Å². The number of benzene rings is 1. The molecule has 0 aliphatic carbocycles. The van der Waals surface area contributed by atoms with E-state index < -0.39 is 17.6 Å². The molecule has 1 aliphatic heterocycles. The molecular formula is C19H16F3N5O2. The number of pyridine rings is 1. The fourth-order valence-electron chi connectivity index (χ4n) is 3.44. The number of carbonyl (C=O) groups is 1. The van der Waals surface area contributed by atoms with Crippen LogP contribution < -0.4 is 15.8 Å². The first-order valence-corrected chi connectivity index (χ1v) is 8.88. The van der Waals surface area contributed by atoms with Crippen LogP contribution in [0, 0.1) is 0 Å². The lowest BCUT2D eigenvalue weighted by molar-refractivity contribution is -0.137. The highest BCUT2D eigenvalue weighted by molar-refractivity contribution is 5.95. The molecule has 0 bridgehead atoms. The summed E-state index contributed by atoms with van der Waals surface area (Å²) in [7, 11) is 0. The summed E-state index contributed by atoms with van der Waals surface area (Å²) < 4.78 is 39.8. The number of H-pyrrole nitrogens is 1. The van der Waals surface area contributed by atoms with Crippen molar-refractivity contribution in [3.8, 4) is 0 Å². The van der Waals surface area contributed by atoms with E-state index in [9.17, 15) is 22.8 Å². The van der Waals surface area contributed by atoms with Gasteiger partial charge in [0.05, 0.1) is 29.0 Å². The minimum absolute atomic E-state index is 0.0464. The van der Waals surface area contributed by atoms with E-state index in [-0.39, 0.29) is 34.9 Å². The Labute approximate surface area is 162 Å². The Bertz CT molecular complexity index is 1130. The molecule has 0 radical (unpaired) electrons. The molecule has 1 unspecified atom stereocenters. The van der Waals surface area contributed by atoms with Gasteiger partial charge in [-0.3, -0.25) is 9.59 Å². The monoisotopic (exact) mass is 403 g/mol. The van der Waals surface area contributed by atoms with Crippen molar-refractivity contribution in [2.24, 2.45) is 0 Å². The summed E-state index contributed by atoms with van der Waals surface area (Å²) >= 11 is 0. The van der Waals surface area contributed by atoms with Crippen LogP contribution in [0.5, 0.6) is 0 Å². The van der Waals surface area contributed by atoms with E-state index in [0.29, 0.717) is 18.5 Å². The third kappa shape index (κ3) is 3.78. The van der Waals surface area contributed by atoms with E-state index in [2.05, 4.69) is 20.3 Å². The van der Waals surface area contributed by atoms with Gasteiger partial charge in [-0.1, -0.05) is 12.1 Å². The first-order chi connectivity index (χ1) is 13.8. The number of para-hydroxylation sites is 1. The van der Waals surface area contributed by atoms with Gasteiger partial charge in [-0.2, -0.15) is 13.2 Å². The average Bonchev–Trinajstić information content (AvgIpc) is 3.16. The largest absolute Gasteiger partial charge is 0.418 e. The number of rotatable bonds is 3. The molecule has 0 saturated carbocycles. The van der Waals surface area contributed by atoms with Crippen LogP contribution in [0.1, 0.15) is 22.5 Å². The lowest BCUT2D eigenvalue weighted by Gasteiger charge is -2.23. The zero-order chi connectivity index (χ0) is 20.6. The molecule has 3 heterocycles. The molecule has 2 N–H and O–H groups in total. The Hall–Kier alpha value is -3.43. The van der Waals surface area contributed by atoms with Crippen molar-refractivity contribution in [2.75, 3.05) is 18.0 Å². The van der Waals surface area contributed by atoms with E-state index >= 15 is 0 Å². The lowest BCUT2D eigenvalue weighted by Crippen LogP contribution is -2.37. The number of alkyl halides is 3. The third-order valence-corrected chi connectivity index (χ3v) is 4.83. The Kier molecular flexibility index (Phi) is 4.69. The van der Waals surface area contributed by atoms with Gasteiger partial charge >= 0.3 is 6.18 Å². The summed E-state index contributed by atoms with van der Waals surface area (Å²) in [6.45, 7) is 0.626. The lowest BCUT2D eigenvalue weighted by atomic mass is 10.1. The fraction of sp³-hybridized carbons (Fsp3) is 0.263. The molecule has 1 amide bonds. The van der Waals surface area contributed by atoms with Crippen LogP contribution in [0.3, 0.4) is 0 Å². The van der Waals surface area contributed by atoms with Crippen LogP contribution in [0.25, 0.3) is 10.9 Å². The molecule has 1 fully saturated rings. The smallest absolute Gasteiger partial charge is 0.369 e. The number of hydrogen-bond acceptors (Lipinski definition) is 5. The number of hydrogen-bond donors (Lipinski definition) is 2. The topological polar surface area (TPSA) is 91.0 Å². The molecule has 4 rings (SSSR count). The molecule has 1 aromatic carbocycles. The van der Waals surface area contributed by atoms with Crippen molar-refractivity contribution in [1.82, 2.24) is 20.3 Å². The van der Waals surface area contributed by atoms with Crippen molar-refractivity contribution in [3.05, 3.63) is 64.5 Å². The number of nitrogens with zero attached hydrogens (tertiary/aromatic N) is 3. The van der Waals surface area contributed by atoms with Gasteiger partial charge in [0, 0.05) is 24.8 Å². The molecule has 3 aromatic rings. The molecule has 0 spiro atoms. The maximum Gasteiger partial charge on any atom is 0.418 e. The first kappa shape index (κ1) is 18.9. The maximum absolute atomic E-state index is 13.3. The normalized spacial score (nSPS) is 16.9. The number of carbonyl (C=O) groups excluding carboxylic acids is 1. The molecular weight excluding hydrogens is 387 g/mol. The van der Waals surface area contributed by atoms with E-state index in [1.807, 2.05) is 0 Å². The average molecular weight is 403 g/mol. The van der Waals surface area contributed by atoms with E-state index in [1.54, 1.807) is 11.0 Å². The molecule has 1 atom stereocenters. The number of fused-ring (bicyclic) bond motifs is 1. The summed E-state index contributed by atoms with van der Waals surface area (Å²) in [5.74, 6) is -0.494. The van der Waals surface area contributed by atoms with Gasteiger partial charge in [0.15, 0.2) is 0 Å². The number of aromatic amines is 1. The van der Waals surface area contributed by atoms with Crippen LogP contribution in [0.4, 0.5) is 18.9 Å². The SMILES string of the molecule is O=C(NC1CCN(c2ccccc2C(F)(F)F)C1)c1cc2c(=O)[nH]cnc2cn1. The number of halogens is 3. The third-order valence-electron chi connectivity index (χ3n) is 4.83. The number of aromatic nitrogens is 3. The highest BCUT2D eigenvalue weighted by Crippen LogP contribution is 2.37. The fourth-order valence-corrected chi connectivity index (χ4v) is 3.44. The molecule has 150 valence electrons. The Balaban J connectivity index is 1.49. The van der Waals surface area contributed by atoms with Crippen molar-refractivity contribution in [3.63, 3.8) is 0 Å². The summed E-state index contributed by atoms with van der Waals surface area (Å²) in [6.07, 6.45) is -1.38. The zero-order valence-corrected chi connectivity index (χ0v) is 15.0. The Morgan fingerprint density at radius 2 is 2.03 bits per heavy atom. The predicted molar refractivity (Wildman–Crippen MR) is 99.7 cm³/mol. The molecule has 29 heavy (non-hydrogen) atoms. The number of anilines is 1. The van der Waals surface area contributed by atoms with Crippen LogP contribution in [-0.2, 0) is 6.18 Å². The maximum atomic E-state index is 13.3.